The van der Waals surface area contributed by atoms with Gasteiger partial charge >= 0.3 is 0 Å². The molecular weight excluding hydrogens is 270 g/mol. The van der Waals surface area contributed by atoms with Crippen LogP contribution in [0, 0.1) is 0 Å². The van der Waals surface area contributed by atoms with Crippen LogP contribution in [-0.2, 0) is 9.84 Å². The lowest BCUT2D eigenvalue weighted by molar-refractivity contribution is 0.0319. The van der Waals surface area contributed by atoms with Gasteiger partial charge in [-0.3, -0.25) is 4.90 Å². The van der Waals surface area contributed by atoms with Crippen molar-refractivity contribution in [3.8, 4) is 0 Å². The van der Waals surface area contributed by atoms with Crippen molar-refractivity contribution in [2.45, 2.75) is 84.2 Å². The number of sulfone groups is 1. The Morgan fingerprint density at radius 1 is 0.850 bits per heavy atom. The van der Waals surface area contributed by atoms with Gasteiger partial charge in [0, 0.05) is 11.1 Å². The summed E-state index contributed by atoms with van der Waals surface area (Å²) in [5, 5.41) is 0. The zero-order valence-electron chi connectivity index (χ0n) is 14.0. The maximum absolute atomic E-state index is 12.0. The lowest BCUT2D eigenvalue weighted by Gasteiger charge is -2.52. The fraction of sp³-hybridized carbons (Fsp3) is 1.00. The lowest BCUT2D eigenvalue weighted by Crippen LogP contribution is -2.65. The second kappa shape index (κ2) is 6.78. The highest BCUT2D eigenvalue weighted by Gasteiger charge is 2.47. The summed E-state index contributed by atoms with van der Waals surface area (Å²) in [7, 11) is -2.92. The van der Waals surface area contributed by atoms with E-state index in [0.717, 1.165) is 6.54 Å². The Bertz CT molecular complexity index is 375. The van der Waals surface area contributed by atoms with Gasteiger partial charge in [-0.25, -0.2) is 8.42 Å². The molecule has 0 bridgehead atoms. The predicted octanol–water partition coefficient (Wildman–Crippen LogP) is 3.63. The highest BCUT2D eigenvalue weighted by molar-refractivity contribution is 7.91. The Labute approximate surface area is 126 Å². The Morgan fingerprint density at radius 3 is 1.80 bits per heavy atom. The fourth-order valence-corrected chi connectivity index (χ4v) is 6.32. The molecule has 3 nitrogen and oxygen atoms in total. The van der Waals surface area contributed by atoms with Crippen LogP contribution >= 0.6 is 0 Å². The number of rotatable bonds is 7. The second-order valence-corrected chi connectivity index (χ2v) is 9.64. The van der Waals surface area contributed by atoms with Gasteiger partial charge in [-0.15, -0.1) is 0 Å². The molecule has 0 aromatic heterocycles. The molecule has 0 atom stereocenters. The summed E-state index contributed by atoms with van der Waals surface area (Å²) in [6.07, 6.45) is 7.69. The quantitative estimate of drug-likeness (QED) is 0.674. The molecule has 1 heterocycles. The Morgan fingerprint density at radius 2 is 1.30 bits per heavy atom. The van der Waals surface area contributed by atoms with Crippen LogP contribution in [0.2, 0.25) is 0 Å². The molecule has 1 aliphatic rings. The van der Waals surface area contributed by atoms with E-state index in [1.807, 2.05) is 0 Å². The van der Waals surface area contributed by atoms with Crippen molar-refractivity contribution < 1.29 is 8.42 Å². The summed E-state index contributed by atoms with van der Waals surface area (Å²) < 4.78 is 24.1. The molecule has 0 aromatic rings. The van der Waals surface area contributed by atoms with E-state index in [4.69, 9.17) is 0 Å². The van der Waals surface area contributed by atoms with Gasteiger partial charge in [-0.1, -0.05) is 39.0 Å². The molecule has 0 radical (unpaired) electrons. The molecule has 0 amide bonds. The van der Waals surface area contributed by atoms with Crippen LogP contribution in [0.15, 0.2) is 0 Å². The minimum Gasteiger partial charge on any atom is -0.291 e. The molecule has 0 unspecified atom stereocenters. The third-order valence-electron chi connectivity index (χ3n) is 4.34. The van der Waals surface area contributed by atoms with Crippen molar-refractivity contribution >= 4 is 9.84 Å². The topological polar surface area (TPSA) is 37.4 Å². The molecule has 4 heteroatoms. The molecule has 1 aliphatic heterocycles. The van der Waals surface area contributed by atoms with Gasteiger partial charge in [-0.05, 0) is 40.7 Å². The highest BCUT2D eigenvalue weighted by Crippen LogP contribution is 2.33. The van der Waals surface area contributed by atoms with Crippen molar-refractivity contribution in [3.05, 3.63) is 0 Å². The number of nitrogens with zero attached hydrogens (tertiary/aromatic N) is 1. The van der Waals surface area contributed by atoms with Gasteiger partial charge in [0.2, 0.25) is 0 Å². The van der Waals surface area contributed by atoms with Crippen molar-refractivity contribution in [2.24, 2.45) is 0 Å². The normalized spacial score (nSPS) is 24.6. The smallest absolute Gasteiger partial charge is 0.153 e. The molecule has 0 spiro atoms. The average molecular weight is 304 g/mol. The second-order valence-electron chi connectivity index (χ2n) is 7.58. The van der Waals surface area contributed by atoms with Gasteiger partial charge in [-0.2, -0.15) is 0 Å². The molecule has 0 saturated carbocycles. The first-order valence-electron chi connectivity index (χ1n) is 8.09. The minimum absolute atomic E-state index is 0.246. The lowest BCUT2D eigenvalue weighted by atomic mass is 9.94. The molecular formula is C16H33NO2S. The monoisotopic (exact) mass is 303 g/mol. The zero-order chi connectivity index (χ0) is 15.4. The maximum atomic E-state index is 12.0. The van der Waals surface area contributed by atoms with Gasteiger partial charge < -0.3 is 0 Å². The van der Waals surface area contributed by atoms with E-state index in [9.17, 15) is 8.42 Å². The van der Waals surface area contributed by atoms with E-state index in [1.54, 1.807) is 0 Å². The van der Waals surface area contributed by atoms with E-state index in [2.05, 4.69) is 39.5 Å². The summed E-state index contributed by atoms with van der Waals surface area (Å²) >= 11 is 0. The van der Waals surface area contributed by atoms with Crippen molar-refractivity contribution in [1.82, 2.24) is 4.90 Å². The number of hydrogen-bond donors (Lipinski definition) is 0. The molecule has 120 valence electrons. The standard InChI is InChI=1S/C16H33NO2S/c1-6-7-8-9-10-11-12-17-15(2,3)13-20(18,19)14-16(17,4)5/h6-14H2,1-5H3. The van der Waals surface area contributed by atoms with E-state index < -0.39 is 9.84 Å². The predicted molar refractivity (Wildman–Crippen MR) is 86.9 cm³/mol. The molecule has 1 saturated heterocycles. The van der Waals surface area contributed by atoms with Crippen LogP contribution in [0.25, 0.3) is 0 Å². The van der Waals surface area contributed by atoms with Crippen LogP contribution in [0.3, 0.4) is 0 Å². The van der Waals surface area contributed by atoms with E-state index in [-0.39, 0.29) is 11.1 Å². The SMILES string of the molecule is CCCCCCCCN1C(C)(C)CS(=O)(=O)CC1(C)C. The van der Waals surface area contributed by atoms with Crippen LogP contribution in [0.5, 0.6) is 0 Å². The van der Waals surface area contributed by atoms with Crippen LogP contribution in [-0.4, -0.2) is 42.4 Å². The van der Waals surface area contributed by atoms with Gasteiger partial charge in [0.25, 0.3) is 0 Å². The van der Waals surface area contributed by atoms with Crippen LogP contribution < -0.4 is 0 Å². The van der Waals surface area contributed by atoms with Crippen LogP contribution in [0.4, 0.5) is 0 Å². The van der Waals surface area contributed by atoms with E-state index in [0.29, 0.717) is 11.5 Å². The van der Waals surface area contributed by atoms with Gasteiger partial charge in [0.15, 0.2) is 9.84 Å². The van der Waals surface area contributed by atoms with Crippen molar-refractivity contribution in [1.29, 1.82) is 0 Å². The molecule has 20 heavy (non-hydrogen) atoms. The Hall–Kier alpha value is -0.0900. The van der Waals surface area contributed by atoms with Gasteiger partial charge in [0.1, 0.15) is 0 Å². The Kier molecular flexibility index (Phi) is 6.09. The van der Waals surface area contributed by atoms with Crippen molar-refractivity contribution in [3.63, 3.8) is 0 Å². The number of unbranched alkanes of at least 4 members (excludes halogenated alkanes) is 5. The summed E-state index contributed by atoms with van der Waals surface area (Å²) in [5.74, 6) is 0.582. The fourth-order valence-electron chi connectivity index (χ4n) is 3.76. The third kappa shape index (κ3) is 5.03. The van der Waals surface area contributed by atoms with Crippen molar-refractivity contribution in [2.75, 3.05) is 18.1 Å². The maximum Gasteiger partial charge on any atom is 0.153 e. The third-order valence-corrected chi connectivity index (χ3v) is 6.64. The average Bonchev–Trinajstić information content (AvgIpc) is 2.22. The number of hydrogen-bond acceptors (Lipinski definition) is 3. The first kappa shape index (κ1) is 18.0. The van der Waals surface area contributed by atoms with E-state index >= 15 is 0 Å². The molecule has 1 fully saturated rings. The summed E-state index contributed by atoms with van der Waals surface area (Å²) in [4.78, 5) is 2.42. The molecule has 0 aromatic carbocycles. The van der Waals surface area contributed by atoms with Crippen LogP contribution in [0.1, 0.15) is 73.1 Å². The molecule has 0 aliphatic carbocycles. The zero-order valence-corrected chi connectivity index (χ0v) is 14.9. The summed E-state index contributed by atoms with van der Waals surface area (Å²) in [5.41, 5.74) is -0.492. The highest BCUT2D eigenvalue weighted by atomic mass is 32.2. The van der Waals surface area contributed by atoms with E-state index in [1.165, 1.54) is 38.5 Å². The molecule has 1 rings (SSSR count). The Balaban J connectivity index is 2.54. The van der Waals surface area contributed by atoms with Gasteiger partial charge in [0.05, 0.1) is 11.5 Å². The summed E-state index contributed by atoms with van der Waals surface area (Å²) in [6, 6.07) is 0. The first-order chi connectivity index (χ1) is 9.11. The molecule has 0 N–H and O–H groups in total. The first-order valence-corrected chi connectivity index (χ1v) is 9.91. The minimum atomic E-state index is -2.92. The largest absolute Gasteiger partial charge is 0.291 e. The summed E-state index contributed by atoms with van der Waals surface area (Å²) in [6.45, 7) is 11.5.